The number of carbonyl (C=O) groups excluding carboxylic acids is 1. The lowest BCUT2D eigenvalue weighted by atomic mass is 10.1. The van der Waals surface area contributed by atoms with E-state index >= 15 is 0 Å². The quantitative estimate of drug-likeness (QED) is 0.707. The Hall–Kier alpha value is -0.810. The Morgan fingerprint density at radius 1 is 1.31 bits per heavy atom. The fraction of sp³-hybridized carbons (Fsp3) is 0.909. The van der Waals surface area contributed by atoms with Crippen molar-refractivity contribution in [2.24, 2.45) is 0 Å². The number of rotatable bonds is 2. The second kappa shape index (κ2) is 5.50. The van der Waals surface area contributed by atoms with Crippen LogP contribution in [0.25, 0.3) is 0 Å². The molecule has 92 valence electrons. The van der Waals surface area contributed by atoms with Crippen molar-refractivity contribution in [1.29, 1.82) is 0 Å². The third kappa shape index (κ3) is 2.86. The van der Waals surface area contributed by atoms with Gasteiger partial charge in [0, 0.05) is 45.4 Å². The highest BCUT2D eigenvalue weighted by molar-refractivity contribution is 5.73. The maximum absolute atomic E-state index is 11.2. The molecule has 16 heavy (non-hydrogen) atoms. The van der Waals surface area contributed by atoms with Crippen molar-refractivity contribution in [3.63, 3.8) is 0 Å². The lowest BCUT2D eigenvalue weighted by Gasteiger charge is -2.31. The largest absolute Gasteiger partial charge is 0.381 e. The number of nitrogens with zero attached hydrogens (tertiary/aromatic N) is 1. The average Bonchev–Trinajstić information content (AvgIpc) is 2.78. The fourth-order valence-corrected chi connectivity index (χ4v) is 2.54. The van der Waals surface area contributed by atoms with Gasteiger partial charge in [0.05, 0.1) is 0 Å². The molecule has 0 saturated carbocycles. The minimum atomic E-state index is -0.0705. The van der Waals surface area contributed by atoms with Crippen molar-refractivity contribution in [3.05, 3.63) is 0 Å². The molecular weight excluding hydrogens is 206 g/mol. The molecule has 2 heterocycles. The van der Waals surface area contributed by atoms with Gasteiger partial charge < -0.3 is 15.4 Å². The maximum Gasteiger partial charge on any atom is 0.314 e. The summed E-state index contributed by atoms with van der Waals surface area (Å²) in [6, 6.07) is 0.895. The van der Waals surface area contributed by atoms with Crippen molar-refractivity contribution >= 4 is 6.03 Å². The molecule has 0 unspecified atom stereocenters. The van der Waals surface area contributed by atoms with Crippen LogP contribution < -0.4 is 10.6 Å². The van der Waals surface area contributed by atoms with Gasteiger partial charge in [0.1, 0.15) is 0 Å². The Bertz CT molecular complexity index is 241. The number of nitrogens with one attached hydrogen (secondary N) is 2. The molecule has 2 N–H and O–H groups in total. The van der Waals surface area contributed by atoms with Crippen molar-refractivity contribution in [1.82, 2.24) is 15.5 Å². The van der Waals surface area contributed by atoms with Crippen LogP contribution in [-0.4, -0.2) is 56.4 Å². The van der Waals surface area contributed by atoms with Gasteiger partial charge >= 0.3 is 6.03 Å². The van der Waals surface area contributed by atoms with Gasteiger partial charge in [-0.3, -0.25) is 4.90 Å². The van der Waals surface area contributed by atoms with Crippen LogP contribution in [-0.2, 0) is 4.74 Å². The monoisotopic (exact) mass is 227 g/mol. The number of carbonyl (C=O) groups is 1. The third-order valence-electron chi connectivity index (χ3n) is 3.49. The molecule has 0 aromatic carbocycles. The first kappa shape index (κ1) is 11.7. The van der Waals surface area contributed by atoms with Crippen LogP contribution in [0.2, 0.25) is 0 Å². The first-order chi connectivity index (χ1) is 7.79. The molecule has 0 bridgehead atoms. The fourth-order valence-electron chi connectivity index (χ4n) is 2.54. The van der Waals surface area contributed by atoms with Crippen LogP contribution in [0.3, 0.4) is 0 Å². The molecule has 5 heteroatoms. The van der Waals surface area contributed by atoms with Crippen LogP contribution in [0.5, 0.6) is 0 Å². The topological polar surface area (TPSA) is 53.6 Å². The molecule has 0 radical (unpaired) electrons. The molecule has 2 rings (SSSR count). The smallest absolute Gasteiger partial charge is 0.314 e. The number of hydrogen-bond acceptors (Lipinski definition) is 3. The molecule has 1 atom stereocenters. The molecule has 2 aliphatic heterocycles. The van der Waals surface area contributed by atoms with Crippen LogP contribution in [0.15, 0.2) is 0 Å². The molecule has 2 amide bonds. The Morgan fingerprint density at radius 3 is 2.75 bits per heavy atom. The van der Waals surface area contributed by atoms with Gasteiger partial charge in [-0.2, -0.15) is 0 Å². The normalized spacial score (nSPS) is 27.9. The maximum atomic E-state index is 11.2. The van der Waals surface area contributed by atoms with Gasteiger partial charge in [-0.05, 0) is 19.3 Å². The molecule has 2 aliphatic rings. The van der Waals surface area contributed by atoms with E-state index < -0.39 is 0 Å². The molecular formula is C11H21N3O2. The van der Waals surface area contributed by atoms with E-state index in [9.17, 15) is 4.79 Å². The van der Waals surface area contributed by atoms with Gasteiger partial charge in [-0.1, -0.05) is 0 Å². The standard InChI is InChI=1S/C11H21N3O2/c1-12-11(15)13-9-2-5-14(8-9)10-3-6-16-7-4-10/h9-10H,2-8H2,1H3,(H2,12,13,15)/t9-/m0/s1. The van der Waals surface area contributed by atoms with E-state index in [2.05, 4.69) is 15.5 Å². The summed E-state index contributed by atoms with van der Waals surface area (Å²) in [5.41, 5.74) is 0. The van der Waals surface area contributed by atoms with E-state index in [1.165, 1.54) is 0 Å². The van der Waals surface area contributed by atoms with Gasteiger partial charge in [0.15, 0.2) is 0 Å². The predicted molar refractivity (Wildman–Crippen MR) is 61.4 cm³/mol. The molecule has 0 aromatic heterocycles. The third-order valence-corrected chi connectivity index (χ3v) is 3.49. The van der Waals surface area contributed by atoms with Gasteiger partial charge in [0.2, 0.25) is 0 Å². The average molecular weight is 227 g/mol. The minimum Gasteiger partial charge on any atom is -0.381 e. The second-order valence-corrected chi connectivity index (χ2v) is 4.55. The van der Waals surface area contributed by atoms with Gasteiger partial charge in [-0.25, -0.2) is 4.79 Å². The van der Waals surface area contributed by atoms with E-state index in [0.717, 1.165) is 45.6 Å². The van der Waals surface area contributed by atoms with E-state index in [4.69, 9.17) is 4.74 Å². The van der Waals surface area contributed by atoms with E-state index in [1.54, 1.807) is 7.05 Å². The highest BCUT2D eigenvalue weighted by atomic mass is 16.5. The first-order valence-corrected chi connectivity index (χ1v) is 6.09. The highest BCUT2D eigenvalue weighted by Gasteiger charge is 2.29. The summed E-state index contributed by atoms with van der Waals surface area (Å²) in [6.07, 6.45) is 3.32. The zero-order chi connectivity index (χ0) is 11.4. The zero-order valence-electron chi connectivity index (χ0n) is 9.87. The summed E-state index contributed by atoms with van der Waals surface area (Å²) in [6.45, 7) is 3.85. The van der Waals surface area contributed by atoms with Crippen molar-refractivity contribution < 1.29 is 9.53 Å². The van der Waals surface area contributed by atoms with Gasteiger partial charge in [0.25, 0.3) is 0 Å². The lowest BCUT2D eigenvalue weighted by molar-refractivity contribution is 0.0417. The number of hydrogen-bond donors (Lipinski definition) is 2. The van der Waals surface area contributed by atoms with E-state index in [-0.39, 0.29) is 6.03 Å². The van der Waals surface area contributed by atoms with E-state index in [1.807, 2.05) is 0 Å². The summed E-state index contributed by atoms with van der Waals surface area (Å²) in [7, 11) is 1.65. The number of ether oxygens (including phenoxy) is 1. The minimum absolute atomic E-state index is 0.0705. The molecule has 5 nitrogen and oxygen atoms in total. The highest BCUT2D eigenvalue weighted by Crippen LogP contribution is 2.19. The predicted octanol–water partition coefficient (Wildman–Crippen LogP) is 0.169. The molecule has 2 fully saturated rings. The molecule has 0 aliphatic carbocycles. The first-order valence-electron chi connectivity index (χ1n) is 6.09. The molecule has 0 spiro atoms. The number of likely N-dealkylation sites (tertiary alicyclic amines) is 1. The summed E-state index contributed by atoms with van der Waals surface area (Å²) in [4.78, 5) is 13.7. The molecule has 0 aromatic rings. The second-order valence-electron chi connectivity index (χ2n) is 4.55. The number of urea groups is 1. The van der Waals surface area contributed by atoms with Crippen LogP contribution in [0.1, 0.15) is 19.3 Å². The van der Waals surface area contributed by atoms with Crippen LogP contribution in [0, 0.1) is 0 Å². The summed E-state index contributed by atoms with van der Waals surface area (Å²) in [5.74, 6) is 0. The summed E-state index contributed by atoms with van der Waals surface area (Å²) in [5, 5.41) is 5.57. The van der Waals surface area contributed by atoms with Gasteiger partial charge in [-0.15, -0.1) is 0 Å². The number of amides is 2. The Balaban J connectivity index is 1.76. The lowest BCUT2D eigenvalue weighted by Crippen LogP contribution is -2.44. The van der Waals surface area contributed by atoms with Crippen LogP contribution in [0.4, 0.5) is 4.79 Å². The Morgan fingerprint density at radius 2 is 2.06 bits per heavy atom. The van der Waals surface area contributed by atoms with Crippen molar-refractivity contribution in [2.75, 3.05) is 33.4 Å². The summed E-state index contributed by atoms with van der Waals surface area (Å²) < 4.78 is 5.36. The van der Waals surface area contributed by atoms with Crippen molar-refractivity contribution in [3.8, 4) is 0 Å². The Kier molecular flexibility index (Phi) is 4.01. The van der Waals surface area contributed by atoms with Crippen LogP contribution >= 0.6 is 0 Å². The van der Waals surface area contributed by atoms with E-state index in [0.29, 0.717) is 12.1 Å². The SMILES string of the molecule is CNC(=O)N[C@H]1CCN(C2CCOCC2)C1. The van der Waals surface area contributed by atoms with Crippen molar-refractivity contribution in [2.45, 2.75) is 31.3 Å². The summed E-state index contributed by atoms with van der Waals surface area (Å²) >= 11 is 0. The molecule has 2 saturated heterocycles. The Labute approximate surface area is 96.5 Å². The zero-order valence-corrected chi connectivity index (χ0v) is 9.87.